The van der Waals surface area contributed by atoms with Crippen LogP contribution in [-0.2, 0) is 26.7 Å². The summed E-state index contributed by atoms with van der Waals surface area (Å²) in [6, 6.07) is 17.3. The number of hydrogen-bond donors (Lipinski definition) is 1. The van der Waals surface area contributed by atoms with Crippen molar-refractivity contribution in [3.63, 3.8) is 0 Å². The summed E-state index contributed by atoms with van der Waals surface area (Å²) >= 11 is 0. The SMILES string of the molecule is CC1=C2[C@@H](CC/C(=C/c3ccc(O)c4ccccc34)c3ccccn3)OC[C@@H]2[C@@H]2C(=O)N(c3cc(C(F)(F)F)cc(C(F)(F)F)c3)C(=O)[C@@H]2C1. The molecule has 0 radical (unpaired) electrons. The Morgan fingerprint density at radius 3 is 2.24 bits per heavy atom. The molecule has 4 atom stereocenters. The van der Waals surface area contributed by atoms with Crippen molar-refractivity contribution >= 4 is 39.9 Å². The second-order valence-corrected chi connectivity index (χ2v) is 12.9. The second kappa shape index (κ2) is 12.4. The summed E-state index contributed by atoms with van der Waals surface area (Å²) in [6.45, 7) is 1.90. The summed E-state index contributed by atoms with van der Waals surface area (Å²) in [5.41, 5.74) is 0.197. The molecule has 6 nitrogen and oxygen atoms in total. The van der Waals surface area contributed by atoms with Crippen LogP contribution in [0.4, 0.5) is 32.0 Å². The van der Waals surface area contributed by atoms with Crippen LogP contribution in [0.15, 0.2) is 90.1 Å². The van der Waals surface area contributed by atoms with Gasteiger partial charge in [0.1, 0.15) is 5.75 Å². The van der Waals surface area contributed by atoms with Crippen LogP contribution in [0.25, 0.3) is 22.4 Å². The summed E-state index contributed by atoms with van der Waals surface area (Å²) in [5, 5.41) is 12.0. The van der Waals surface area contributed by atoms with Gasteiger partial charge in [0.05, 0.1) is 47.1 Å². The summed E-state index contributed by atoms with van der Waals surface area (Å²) in [5.74, 6) is -3.97. The maximum Gasteiger partial charge on any atom is 0.416 e. The van der Waals surface area contributed by atoms with E-state index in [0.29, 0.717) is 35.3 Å². The Bertz CT molecular complexity index is 2040. The number of benzene rings is 3. The lowest BCUT2D eigenvalue weighted by molar-refractivity contribution is -0.143. The van der Waals surface area contributed by atoms with Crippen molar-refractivity contribution < 1.29 is 45.8 Å². The Kier molecular flexibility index (Phi) is 8.32. The number of alkyl halides is 6. The van der Waals surface area contributed by atoms with E-state index in [1.54, 1.807) is 18.3 Å². The minimum absolute atomic E-state index is 0.0292. The third-order valence-electron chi connectivity index (χ3n) is 9.92. The Morgan fingerprint density at radius 1 is 0.900 bits per heavy atom. The number of phenolic OH excluding ortho intramolecular Hbond substituents is 1. The molecule has 2 amide bonds. The maximum atomic E-state index is 13.8. The molecule has 1 aliphatic carbocycles. The van der Waals surface area contributed by atoms with E-state index in [2.05, 4.69) is 4.98 Å². The number of anilines is 1. The zero-order chi connectivity index (χ0) is 35.5. The van der Waals surface area contributed by atoms with Crippen molar-refractivity contribution in [1.29, 1.82) is 0 Å². The highest BCUT2D eigenvalue weighted by molar-refractivity contribution is 6.22. The predicted octanol–water partition coefficient (Wildman–Crippen LogP) is 8.84. The molecule has 0 bridgehead atoms. The van der Waals surface area contributed by atoms with Crippen molar-refractivity contribution in [2.75, 3.05) is 11.5 Å². The minimum atomic E-state index is -5.13. The summed E-state index contributed by atoms with van der Waals surface area (Å²) < 4.78 is 88.0. The van der Waals surface area contributed by atoms with Gasteiger partial charge in [-0.1, -0.05) is 42.0 Å². The highest BCUT2D eigenvalue weighted by atomic mass is 19.4. The molecule has 258 valence electrons. The lowest BCUT2D eigenvalue weighted by Crippen LogP contribution is -2.34. The van der Waals surface area contributed by atoms with Gasteiger partial charge < -0.3 is 9.84 Å². The van der Waals surface area contributed by atoms with Crippen molar-refractivity contribution in [2.24, 2.45) is 17.8 Å². The zero-order valence-electron chi connectivity index (χ0n) is 26.6. The topological polar surface area (TPSA) is 79.7 Å². The largest absolute Gasteiger partial charge is 0.507 e. The molecule has 2 fully saturated rings. The normalized spacial score (nSPS) is 22.8. The van der Waals surface area contributed by atoms with E-state index in [4.69, 9.17) is 4.74 Å². The molecule has 7 rings (SSSR count). The molecule has 3 aromatic carbocycles. The second-order valence-electron chi connectivity index (χ2n) is 12.9. The molecule has 3 aliphatic rings. The zero-order valence-corrected chi connectivity index (χ0v) is 26.6. The number of aromatic hydroxyl groups is 1. The lowest BCUT2D eigenvalue weighted by atomic mass is 9.70. The van der Waals surface area contributed by atoms with Gasteiger partial charge in [0.15, 0.2) is 0 Å². The first kappa shape index (κ1) is 33.5. The number of fused-ring (bicyclic) bond motifs is 4. The molecule has 0 unspecified atom stereocenters. The van der Waals surface area contributed by atoms with Crippen molar-refractivity contribution in [1.82, 2.24) is 4.98 Å². The Morgan fingerprint density at radius 2 is 1.58 bits per heavy atom. The molecule has 1 N–H and O–H groups in total. The molecule has 50 heavy (non-hydrogen) atoms. The molecule has 3 heterocycles. The van der Waals surface area contributed by atoms with Gasteiger partial charge in [0, 0.05) is 17.5 Å². The fraction of sp³-hybridized carbons (Fsp3) is 0.289. The molecule has 12 heteroatoms. The van der Waals surface area contributed by atoms with Gasteiger partial charge in [-0.15, -0.1) is 0 Å². The van der Waals surface area contributed by atoms with Crippen LogP contribution in [0.1, 0.15) is 48.6 Å². The Labute approximate surface area is 282 Å². The van der Waals surface area contributed by atoms with E-state index in [-0.39, 0.29) is 24.8 Å². The van der Waals surface area contributed by atoms with Gasteiger partial charge in [-0.05, 0) is 90.8 Å². The summed E-state index contributed by atoms with van der Waals surface area (Å²) in [7, 11) is 0. The average Bonchev–Trinajstić information content (AvgIpc) is 3.61. The number of ether oxygens (including phenoxy) is 1. The van der Waals surface area contributed by atoms with E-state index < -0.39 is 64.8 Å². The number of phenols is 1. The molecule has 2 saturated heterocycles. The van der Waals surface area contributed by atoms with E-state index in [9.17, 15) is 41.0 Å². The summed E-state index contributed by atoms with van der Waals surface area (Å²) in [6.07, 6.45) is -5.90. The number of carbonyl (C=O) groups is 2. The van der Waals surface area contributed by atoms with E-state index in [0.717, 1.165) is 33.4 Å². The number of imide groups is 1. The number of carbonyl (C=O) groups excluding carboxylic acids is 2. The number of allylic oxidation sites excluding steroid dienone is 2. The minimum Gasteiger partial charge on any atom is -0.507 e. The first-order valence-corrected chi connectivity index (χ1v) is 16.0. The van der Waals surface area contributed by atoms with Gasteiger partial charge in [0.25, 0.3) is 0 Å². The highest BCUT2D eigenvalue weighted by Crippen LogP contribution is 2.51. The molecule has 2 aliphatic heterocycles. The molecule has 4 aromatic rings. The van der Waals surface area contributed by atoms with Gasteiger partial charge in [-0.3, -0.25) is 14.6 Å². The Hall–Kier alpha value is -4.97. The standard InChI is InChI=1S/C38H30F6N2O4/c1-20-14-28-34(36(49)46(35(28)48)25-17-23(37(39,40)41)16-24(18-25)38(42,43)44)29-19-50-32(33(20)29)12-10-22(30-8-4-5-13-45-30)15-21-9-11-31(47)27-7-3-2-6-26(21)27/h2-9,11,13,15-18,28-29,32,34,47H,10,12,14,19H2,1H3/b22-15-/t28-,29+,32-,34-/m1/s1. The van der Waals surface area contributed by atoms with Crippen LogP contribution in [0.2, 0.25) is 0 Å². The molecular formula is C38H30F6N2O4. The molecule has 0 spiro atoms. The smallest absolute Gasteiger partial charge is 0.416 e. The van der Waals surface area contributed by atoms with Crippen LogP contribution in [0.3, 0.4) is 0 Å². The van der Waals surface area contributed by atoms with E-state index in [1.807, 2.05) is 55.5 Å². The first-order chi connectivity index (χ1) is 23.7. The van der Waals surface area contributed by atoms with Gasteiger partial charge >= 0.3 is 12.4 Å². The fourth-order valence-corrected chi connectivity index (χ4v) is 7.68. The number of halogens is 6. The lowest BCUT2D eigenvalue weighted by Gasteiger charge is -2.30. The van der Waals surface area contributed by atoms with Crippen molar-refractivity contribution in [3.05, 3.63) is 113 Å². The third-order valence-corrected chi connectivity index (χ3v) is 9.92. The number of pyridine rings is 1. The summed E-state index contributed by atoms with van der Waals surface area (Å²) in [4.78, 5) is 32.5. The van der Waals surface area contributed by atoms with Gasteiger partial charge in [0.2, 0.25) is 11.8 Å². The highest BCUT2D eigenvalue weighted by Gasteiger charge is 2.57. The van der Waals surface area contributed by atoms with Crippen LogP contribution in [0, 0.1) is 17.8 Å². The van der Waals surface area contributed by atoms with Gasteiger partial charge in [-0.25, -0.2) is 4.90 Å². The quantitative estimate of drug-likeness (QED) is 0.124. The fourth-order valence-electron chi connectivity index (χ4n) is 7.68. The van der Waals surface area contributed by atoms with Crippen LogP contribution in [-0.4, -0.2) is 34.6 Å². The average molecular weight is 693 g/mol. The van der Waals surface area contributed by atoms with Crippen LogP contribution >= 0.6 is 0 Å². The van der Waals surface area contributed by atoms with Crippen molar-refractivity contribution in [2.45, 2.75) is 44.6 Å². The third kappa shape index (κ3) is 5.95. The van der Waals surface area contributed by atoms with Crippen LogP contribution < -0.4 is 4.90 Å². The van der Waals surface area contributed by atoms with Crippen molar-refractivity contribution in [3.8, 4) is 5.75 Å². The number of amides is 2. The van der Waals surface area contributed by atoms with E-state index >= 15 is 0 Å². The number of rotatable bonds is 6. The first-order valence-electron chi connectivity index (χ1n) is 16.0. The number of aromatic nitrogens is 1. The molecule has 1 aromatic heterocycles. The van der Waals surface area contributed by atoms with E-state index in [1.165, 1.54) is 0 Å². The van der Waals surface area contributed by atoms with Gasteiger partial charge in [-0.2, -0.15) is 26.3 Å². The monoisotopic (exact) mass is 692 g/mol. The predicted molar refractivity (Wildman–Crippen MR) is 173 cm³/mol. The molecular weight excluding hydrogens is 662 g/mol. The Balaban J connectivity index is 1.17. The number of hydrogen-bond acceptors (Lipinski definition) is 5. The number of nitrogens with zero attached hydrogens (tertiary/aromatic N) is 2. The maximum absolute atomic E-state index is 13.8. The molecule has 0 saturated carbocycles. The van der Waals surface area contributed by atoms with Crippen LogP contribution in [0.5, 0.6) is 5.75 Å².